The first kappa shape index (κ1) is 13.1. The summed E-state index contributed by atoms with van der Waals surface area (Å²) in [6.45, 7) is 0. The van der Waals surface area contributed by atoms with E-state index in [0.717, 1.165) is 21.8 Å². The first-order chi connectivity index (χ1) is 6.95. The minimum Gasteiger partial charge on any atom is -0.254 e. The van der Waals surface area contributed by atoms with Gasteiger partial charge >= 0.3 is 0 Å². The summed E-state index contributed by atoms with van der Waals surface area (Å²) in [5.74, 6) is 0. The van der Waals surface area contributed by atoms with Crippen LogP contribution in [0.25, 0.3) is 21.8 Å². The molecule has 0 atom stereocenters. The van der Waals surface area contributed by atoms with E-state index in [9.17, 15) is 0 Å². The molecule has 0 fully saturated rings. The van der Waals surface area contributed by atoms with Gasteiger partial charge < -0.3 is 0 Å². The van der Waals surface area contributed by atoms with Gasteiger partial charge in [0, 0.05) is 40.2 Å². The topological polar surface area (TPSA) is 25.8 Å². The maximum Gasteiger partial charge on any atom is 0.0964 e. The first-order valence-electron chi connectivity index (χ1n) is 4.53. The summed E-state index contributed by atoms with van der Waals surface area (Å²) in [6.07, 6.45) is 3.60. The Bertz CT molecular complexity index is 558. The van der Waals surface area contributed by atoms with E-state index < -0.39 is 0 Å². The summed E-state index contributed by atoms with van der Waals surface area (Å²) in [4.78, 5) is 8.69. The van der Waals surface area contributed by atoms with E-state index in [2.05, 4.69) is 34.2 Å². The number of halogens is 1. The Morgan fingerprint density at radius 3 is 1.56 bits per heavy atom. The van der Waals surface area contributed by atoms with Crippen molar-refractivity contribution in [3.8, 4) is 0 Å². The van der Waals surface area contributed by atoms with Crippen LogP contribution in [0.3, 0.4) is 0 Å². The van der Waals surface area contributed by atoms with Crippen molar-refractivity contribution in [3.05, 3.63) is 48.8 Å². The number of benzene rings is 1. The third-order valence-corrected chi connectivity index (χ3v) is 2.34. The second-order valence-corrected chi connectivity index (χ2v) is 3.22. The molecule has 0 N–H and O–H groups in total. The van der Waals surface area contributed by atoms with Crippen LogP contribution in [0.5, 0.6) is 0 Å². The Hall–Kier alpha value is -0.961. The third-order valence-electron chi connectivity index (χ3n) is 2.34. The van der Waals surface area contributed by atoms with Crippen LogP contribution in [0, 0.1) is 0 Å². The van der Waals surface area contributed by atoms with E-state index in [4.69, 9.17) is 0 Å². The molecular weight excluding hydrogens is 316 g/mol. The molecule has 1 aromatic carbocycles. The van der Waals surface area contributed by atoms with Gasteiger partial charge in [0.1, 0.15) is 0 Å². The molecule has 1 radical (unpaired) electrons. The van der Waals surface area contributed by atoms with Crippen LogP contribution in [0.2, 0.25) is 0 Å². The van der Waals surface area contributed by atoms with E-state index in [0.29, 0.717) is 0 Å². The van der Waals surface area contributed by atoms with Crippen molar-refractivity contribution in [2.24, 2.45) is 0 Å². The van der Waals surface area contributed by atoms with Gasteiger partial charge in [-0.3, -0.25) is 9.97 Å². The summed E-state index contributed by atoms with van der Waals surface area (Å²) in [7, 11) is 0. The Labute approximate surface area is 114 Å². The second-order valence-electron chi connectivity index (χ2n) is 3.22. The van der Waals surface area contributed by atoms with E-state index in [-0.39, 0.29) is 34.1 Å². The summed E-state index contributed by atoms with van der Waals surface area (Å²) in [6, 6.07) is 12.1. The SMILES string of the molecule is Br.[Cu].c1cnc2c(c1)ccc1cccnc12. The van der Waals surface area contributed by atoms with Crippen LogP contribution in [-0.4, -0.2) is 9.97 Å². The fraction of sp³-hybridized carbons (Fsp3) is 0. The number of nitrogens with zero attached hydrogens (tertiary/aromatic N) is 2. The molecule has 16 heavy (non-hydrogen) atoms. The molecule has 0 aliphatic carbocycles. The zero-order valence-electron chi connectivity index (χ0n) is 8.22. The van der Waals surface area contributed by atoms with Crippen molar-refractivity contribution in [3.63, 3.8) is 0 Å². The van der Waals surface area contributed by atoms with E-state index in [1.807, 2.05) is 12.1 Å². The largest absolute Gasteiger partial charge is 0.254 e. The van der Waals surface area contributed by atoms with Gasteiger partial charge in [-0.25, -0.2) is 0 Å². The summed E-state index contributed by atoms with van der Waals surface area (Å²) >= 11 is 0. The molecule has 0 spiro atoms. The zero-order valence-corrected chi connectivity index (χ0v) is 10.9. The zero-order chi connectivity index (χ0) is 9.38. The maximum absolute atomic E-state index is 4.35. The minimum absolute atomic E-state index is 0. The van der Waals surface area contributed by atoms with Gasteiger partial charge in [0.2, 0.25) is 0 Å². The molecular formula is C12H9BrCuN2. The monoisotopic (exact) mass is 323 g/mol. The van der Waals surface area contributed by atoms with Crippen molar-refractivity contribution in [1.82, 2.24) is 9.97 Å². The van der Waals surface area contributed by atoms with E-state index in [1.165, 1.54) is 0 Å². The van der Waals surface area contributed by atoms with Gasteiger partial charge in [-0.1, -0.05) is 24.3 Å². The summed E-state index contributed by atoms with van der Waals surface area (Å²) < 4.78 is 0. The summed E-state index contributed by atoms with van der Waals surface area (Å²) in [5.41, 5.74) is 1.95. The van der Waals surface area contributed by atoms with Gasteiger partial charge in [-0.15, -0.1) is 17.0 Å². The molecule has 0 saturated carbocycles. The van der Waals surface area contributed by atoms with Gasteiger partial charge in [0.25, 0.3) is 0 Å². The van der Waals surface area contributed by atoms with E-state index in [1.54, 1.807) is 12.4 Å². The van der Waals surface area contributed by atoms with Gasteiger partial charge in [-0.05, 0) is 12.1 Å². The molecule has 2 aromatic heterocycles. The van der Waals surface area contributed by atoms with Crippen molar-refractivity contribution in [1.29, 1.82) is 0 Å². The molecule has 2 heterocycles. The number of aromatic nitrogens is 2. The number of fused-ring (bicyclic) bond motifs is 3. The molecule has 0 saturated heterocycles. The number of hydrogen-bond donors (Lipinski definition) is 0. The average Bonchev–Trinajstić information content (AvgIpc) is 2.29. The predicted molar refractivity (Wildman–Crippen MR) is 67.4 cm³/mol. The van der Waals surface area contributed by atoms with Crippen LogP contribution in [-0.2, 0) is 17.1 Å². The molecule has 2 nitrogen and oxygen atoms in total. The summed E-state index contributed by atoms with van der Waals surface area (Å²) in [5, 5.41) is 2.28. The van der Waals surface area contributed by atoms with Crippen LogP contribution < -0.4 is 0 Å². The van der Waals surface area contributed by atoms with Crippen LogP contribution in [0.4, 0.5) is 0 Å². The Kier molecular flexibility index (Phi) is 4.42. The van der Waals surface area contributed by atoms with Crippen molar-refractivity contribution >= 4 is 38.8 Å². The van der Waals surface area contributed by atoms with Crippen LogP contribution in [0.1, 0.15) is 0 Å². The molecule has 3 aromatic rings. The molecule has 0 bridgehead atoms. The van der Waals surface area contributed by atoms with Crippen LogP contribution in [0.15, 0.2) is 48.8 Å². The molecule has 3 rings (SSSR count). The Balaban J connectivity index is 0.000000640. The predicted octanol–water partition coefficient (Wildman–Crippen LogP) is 3.36. The van der Waals surface area contributed by atoms with Crippen molar-refractivity contribution in [2.45, 2.75) is 0 Å². The number of hydrogen-bond acceptors (Lipinski definition) is 2. The molecule has 85 valence electrons. The minimum atomic E-state index is 0. The maximum atomic E-state index is 4.35. The van der Waals surface area contributed by atoms with Crippen molar-refractivity contribution in [2.75, 3.05) is 0 Å². The third kappa shape index (κ3) is 2.09. The van der Waals surface area contributed by atoms with E-state index >= 15 is 0 Å². The molecule has 0 unspecified atom stereocenters. The average molecular weight is 325 g/mol. The Morgan fingerprint density at radius 2 is 1.12 bits per heavy atom. The normalized spacial score (nSPS) is 9.50. The second kappa shape index (κ2) is 5.39. The fourth-order valence-corrected chi connectivity index (χ4v) is 1.68. The quantitative estimate of drug-likeness (QED) is 0.468. The molecule has 0 aliphatic heterocycles. The molecule has 4 heteroatoms. The smallest absolute Gasteiger partial charge is 0.0964 e. The van der Waals surface area contributed by atoms with Gasteiger partial charge in [0.15, 0.2) is 0 Å². The number of pyridine rings is 2. The van der Waals surface area contributed by atoms with Gasteiger partial charge in [0.05, 0.1) is 11.0 Å². The number of rotatable bonds is 0. The first-order valence-corrected chi connectivity index (χ1v) is 4.53. The van der Waals surface area contributed by atoms with Crippen molar-refractivity contribution < 1.29 is 17.1 Å². The Morgan fingerprint density at radius 1 is 0.688 bits per heavy atom. The fourth-order valence-electron chi connectivity index (χ4n) is 1.68. The van der Waals surface area contributed by atoms with Gasteiger partial charge in [-0.2, -0.15) is 0 Å². The standard InChI is InChI=1S/C12H8N2.BrH.Cu/c1-3-9-5-6-10-4-2-8-14-12(10)11(9)13-7-1;;/h1-8H;1H;. The van der Waals surface area contributed by atoms with Crippen LogP contribution >= 0.6 is 17.0 Å². The molecule has 0 amide bonds. The molecule has 0 aliphatic rings.